The molecule has 0 bridgehead atoms. The van der Waals surface area contributed by atoms with Crippen LogP contribution in [0.5, 0.6) is 0 Å². The highest BCUT2D eigenvalue weighted by molar-refractivity contribution is 5.72. The van der Waals surface area contributed by atoms with Crippen LogP contribution in [0.2, 0.25) is 0 Å². The van der Waals surface area contributed by atoms with Gasteiger partial charge in [0.25, 0.3) is 0 Å². The summed E-state index contributed by atoms with van der Waals surface area (Å²) >= 11 is 0. The first-order valence-electron chi connectivity index (χ1n) is 6.73. The average Bonchev–Trinajstić information content (AvgIpc) is 3.13. The molecule has 4 heteroatoms. The lowest BCUT2D eigenvalue weighted by Crippen LogP contribution is -2.53. The van der Waals surface area contributed by atoms with Crippen molar-refractivity contribution in [3.63, 3.8) is 0 Å². The number of nitrogens with zero attached hydrogens (tertiary/aromatic N) is 1. The Kier molecular flexibility index (Phi) is 4.05. The van der Waals surface area contributed by atoms with Crippen molar-refractivity contribution < 1.29 is 9.53 Å². The summed E-state index contributed by atoms with van der Waals surface area (Å²) in [4.78, 5) is 14.1. The number of rotatable bonds is 4. The van der Waals surface area contributed by atoms with Gasteiger partial charge in [-0.05, 0) is 31.6 Å². The summed E-state index contributed by atoms with van der Waals surface area (Å²) in [5.74, 6) is 0.705. The van der Waals surface area contributed by atoms with Crippen molar-refractivity contribution in [2.24, 2.45) is 17.6 Å². The topological polar surface area (TPSA) is 55.6 Å². The molecule has 1 aliphatic carbocycles. The standard InChI is InChI=1S/C13H24N2O2/c1-3-12(9-4-5-9)15-7-10(13(16)17-2)6-11(14)8-15/h9-12H,3-8,14H2,1-2H3. The zero-order valence-corrected chi connectivity index (χ0v) is 10.9. The van der Waals surface area contributed by atoms with E-state index in [2.05, 4.69) is 11.8 Å². The van der Waals surface area contributed by atoms with E-state index in [1.807, 2.05) is 0 Å². The number of methoxy groups -OCH3 is 1. The molecule has 0 spiro atoms. The summed E-state index contributed by atoms with van der Waals surface area (Å²) in [6, 6.07) is 0.731. The number of carbonyl (C=O) groups is 1. The van der Waals surface area contributed by atoms with Gasteiger partial charge in [0.05, 0.1) is 13.0 Å². The van der Waals surface area contributed by atoms with E-state index in [1.54, 1.807) is 0 Å². The minimum absolute atomic E-state index is 0.0310. The van der Waals surface area contributed by atoms with Crippen LogP contribution in [-0.2, 0) is 9.53 Å². The maximum atomic E-state index is 11.6. The zero-order chi connectivity index (χ0) is 12.4. The molecule has 0 aromatic rings. The Bertz CT molecular complexity index is 279. The third-order valence-electron chi connectivity index (χ3n) is 4.10. The monoisotopic (exact) mass is 240 g/mol. The zero-order valence-electron chi connectivity index (χ0n) is 10.9. The molecule has 3 atom stereocenters. The van der Waals surface area contributed by atoms with Crippen molar-refractivity contribution in [2.45, 2.75) is 44.7 Å². The van der Waals surface area contributed by atoms with E-state index in [1.165, 1.54) is 20.0 Å². The van der Waals surface area contributed by atoms with Gasteiger partial charge in [-0.25, -0.2) is 0 Å². The Morgan fingerprint density at radius 3 is 2.71 bits per heavy atom. The second-order valence-corrected chi connectivity index (χ2v) is 5.48. The van der Waals surface area contributed by atoms with Gasteiger partial charge in [0.1, 0.15) is 0 Å². The molecule has 98 valence electrons. The van der Waals surface area contributed by atoms with Crippen LogP contribution in [0.4, 0.5) is 0 Å². The fourth-order valence-corrected chi connectivity index (χ4v) is 3.15. The van der Waals surface area contributed by atoms with E-state index in [9.17, 15) is 4.79 Å². The molecule has 2 N–H and O–H groups in total. The summed E-state index contributed by atoms with van der Waals surface area (Å²) < 4.78 is 4.85. The number of likely N-dealkylation sites (tertiary alicyclic amines) is 1. The molecular formula is C13H24N2O2. The van der Waals surface area contributed by atoms with Crippen molar-refractivity contribution in [1.82, 2.24) is 4.90 Å². The highest BCUT2D eigenvalue weighted by Crippen LogP contribution is 2.38. The van der Waals surface area contributed by atoms with Crippen LogP contribution in [0.15, 0.2) is 0 Å². The Labute approximate surface area is 103 Å². The molecule has 2 fully saturated rings. The third kappa shape index (κ3) is 2.99. The molecule has 0 aromatic heterocycles. The molecule has 3 unspecified atom stereocenters. The first kappa shape index (κ1) is 12.8. The highest BCUT2D eigenvalue weighted by atomic mass is 16.5. The summed E-state index contributed by atoms with van der Waals surface area (Å²) in [7, 11) is 1.46. The van der Waals surface area contributed by atoms with Crippen molar-refractivity contribution in [3.8, 4) is 0 Å². The maximum Gasteiger partial charge on any atom is 0.310 e. The number of hydrogen-bond acceptors (Lipinski definition) is 4. The molecule has 4 nitrogen and oxygen atoms in total. The predicted octanol–water partition coefficient (Wildman–Crippen LogP) is 0.997. The molecule has 1 saturated heterocycles. The quantitative estimate of drug-likeness (QED) is 0.745. The Hall–Kier alpha value is -0.610. The van der Waals surface area contributed by atoms with Gasteiger partial charge in [0, 0.05) is 25.2 Å². The molecule has 0 aromatic carbocycles. The van der Waals surface area contributed by atoms with Crippen LogP contribution in [0.25, 0.3) is 0 Å². The number of hydrogen-bond donors (Lipinski definition) is 1. The van der Waals surface area contributed by atoms with Gasteiger partial charge >= 0.3 is 5.97 Å². The predicted molar refractivity (Wildman–Crippen MR) is 66.5 cm³/mol. The molecule has 2 aliphatic rings. The Morgan fingerprint density at radius 1 is 1.47 bits per heavy atom. The van der Waals surface area contributed by atoms with Crippen molar-refractivity contribution >= 4 is 5.97 Å². The smallest absolute Gasteiger partial charge is 0.310 e. The average molecular weight is 240 g/mol. The van der Waals surface area contributed by atoms with Gasteiger partial charge in [-0.2, -0.15) is 0 Å². The van der Waals surface area contributed by atoms with Crippen molar-refractivity contribution in [3.05, 3.63) is 0 Å². The third-order valence-corrected chi connectivity index (χ3v) is 4.10. The summed E-state index contributed by atoms with van der Waals surface area (Å²) in [6.45, 7) is 3.99. The van der Waals surface area contributed by atoms with Crippen LogP contribution < -0.4 is 5.73 Å². The molecular weight excluding hydrogens is 216 g/mol. The van der Waals surface area contributed by atoms with Crippen molar-refractivity contribution in [2.75, 3.05) is 20.2 Å². The minimum Gasteiger partial charge on any atom is -0.469 e. The summed E-state index contributed by atoms with van der Waals surface area (Å²) in [6.07, 6.45) is 4.61. The fourth-order valence-electron chi connectivity index (χ4n) is 3.15. The van der Waals surface area contributed by atoms with Gasteiger partial charge in [-0.15, -0.1) is 0 Å². The highest BCUT2D eigenvalue weighted by Gasteiger charge is 2.39. The van der Waals surface area contributed by atoms with E-state index in [-0.39, 0.29) is 17.9 Å². The molecule has 0 amide bonds. The van der Waals surface area contributed by atoms with Crippen LogP contribution in [-0.4, -0.2) is 43.2 Å². The molecule has 1 heterocycles. The lowest BCUT2D eigenvalue weighted by Gasteiger charge is -2.40. The summed E-state index contributed by atoms with van der Waals surface area (Å²) in [5.41, 5.74) is 6.07. The SMILES string of the molecule is CCC(C1CC1)N1CC(N)CC(C(=O)OC)C1. The number of nitrogens with two attached hydrogens (primary N) is 1. The number of piperidine rings is 1. The van der Waals surface area contributed by atoms with E-state index >= 15 is 0 Å². The molecule has 1 saturated carbocycles. The fraction of sp³-hybridized carbons (Fsp3) is 0.923. The largest absolute Gasteiger partial charge is 0.469 e. The number of carbonyl (C=O) groups excluding carboxylic acids is 1. The van der Waals surface area contributed by atoms with Gasteiger partial charge in [-0.3, -0.25) is 9.69 Å². The molecule has 17 heavy (non-hydrogen) atoms. The van der Waals surface area contributed by atoms with E-state index < -0.39 is 0 Å². The number of esters is 1. The van der Waals surface area contributed by atoms with Crippen LogP contribution >= 0.6 is 0 Å². The van der Waals surface area contributed by atoms with E-state index in [4.69, 9.17) is 10.5 Å². The first-order valence-corrected chi connectivity index (χ1v) is 6.73. The summed E-state index contributed by atoms with van der Waals surface area (Å²) in [5, 5.41) is 0. The van der Waals surface area contributed by atoms with Gasteiger partial charge < -0.3 is 10.5 Å². The van der Waals surface area contributed by atoms with Crippen LogP contribution in [0, 0.1) is 11.8 Å². The normalized spacial score (nSPS) is 32.2. The molecule has 0 radical (unpaired) electrons. The second-order valence-electron chi connectivity index (χ2n) is 5.48. The van der Waals surface area contributed by atoms with E-state index in [0.29, 0.717) is 6.04 Å². The van der Waals surface area contributed by atoms with Crippen molar-refractivity contribution in [1.29, 1.82) is 0 Å². The van der Waals surface area contributed by atoms with Crippen LogP contribution in [0.1, 0.15) is 32.6 Å². The van der Waals surface area contributed by atoms with Gasteiger partial charge in [-0.1, -0.05) is 6.92 Å². The minimum atomic E-state index is -0.101. The molecule has 1 aliphatic heterocycles. The number of ether oxygens (including phenoxy) is 1. The Balaban J connectivity index is 1.99. The Morgan fingerprint density at radius 2 is 2.18 bits per heavy atom. The van der Waals surface area contributed by atoms with Gasteiger partial charge in [0.2, 0.25) is 0 Å². The molecule has 2 rings (SSSR count). The second kappa shape index (κ2) is 5.36. The lowest BCUT2D eigenvalue weighted by atomic mass is 9.92. The van der Waals surface area contributed by atoms with Crippen LogP contribution in [0.3, 0.4) is 0 Å². The lowest BCUT2D eigenvalue weighted by molar-refractivity contribution is -0.148. The van der Waals surface area contributed by atoms with E-state index in [0.717, 1.165) is 31.8 Å². The first-order chi connectivity index (χ1) is 8.15. The van der Waals surface area contributed by atoms with Gasteiger partial charge in [0.15, 0.2) is 0 Å². The maximum absolute atomic E-state index is 11.6.